The van der Waals surface area contributed by atoms with Crippen LogP contribution in [0.15, 0.2) is 9.85 Å². The first-order chi connectivity index (χ1) is 8.20. The second-order valence-corrected chi connectivity index (χ2v) is 7.50. The molecule has 1 heterocycles. The van der Waals surface area contributed by atoms with E-state index in [9.17, 15) is 0 Å². The first-order valence-electron chi connectivity index (χ1n) is 6.70. The van der Waals surface area contributed by atoms with Gasteiger partial charge in [0.05, 0.1) is 3.79 Å². The number of aryl methyl sites for hydroxylation is 1. The van der Waals surface area contributed by atoms with Gasteiger partial charge in [-0.3, -0.25) is 0 Å². The molecule has 1 aromatic heterocycles. The highest BCUT2D eigenvalue weighted by molar-refractivity contribution is 9.11. The van der Waals surface area contributed by atoms with Crippen LogP contribution in [0.2, 0.25) is 0 Å². The van der Waals surface area contributed by atoms with Gasteiger partial charge >= 0.3 is 0 Å². The minimum absolute atomic E-state index is 0.568. The van der Waals surface area contributed by atoms with E-state index in [1.54, 1.807) is 0 Å². The Morgan fingerprint density at radius 2 is 2.18 bits per heavy atom. The van der Waals surface area contributed by atoms with Crippen LogP contribution >= 0.6 is 27.3 Å². The normalized spacial score (nSPS) is 18.8. The molecule has 3 heteroatoms. The average Bonchev–Trinajstić information content (AvgIpc) is 2.90. The van der Waals surface area contributed by atoms with Crippen LogP contribution in [0.1, 0.15) is 55.5 Å². The van der Waals surface area contributed by atoms with Gasteiger partial charge in [-0.15, -0.1) is 11.3 Å². The summed E-state index contributed by atoms with van der Waals surface area (Å²) in [6.45, 7) is 5.45. The van der Waals surface area contributed by atoms with Gasteiger partial charge in [-0.25, -0.2) is 0 Å². The Kier molecular flexibility index (Phi) is 5.07. The molecule has 2 rings (SSSR count). The van der Waals surface area contributed by atoms with E-state index < -0.39 is 0 Å². The summed E-state index contributed by atoms with van der Waals surface area (Å²) in [5, 5.41) is 3.66. The lowest BCUT2D eigenvalue weighted by molar-refractivity contribution is 0.404. The van der Waals surface area contributed by atoms with Crippen molar-refractivity contribution >= 4 is 27.3 Å². The third-order valence-electron chi connectivity index (χ3n) is 3.71. The molecule has 96 valence electrons. The SMILES string of the molecule is CCNC(CC1CCCC1)c1cc(C)c(Br)s1. The van der Waals surface area contributed by atoms with Crippen LogP contribution in [0.25, 0.3) is 0 Å². The maximum Gasteiger partial charge on any atom is 0.0731 e. The van der Waals surface area contributed by atoms with Crippen molar-refractivity contribution in [1.29, 1.82) is 0 Å². The lowest BCUT2D eigenvalue weighted by Gasteiger charge is -2.20. The first kappa shape index (κ1) is 13.6. The second-order valence-electron chi connectivity index (χ2n) is 5.10. The quantitative estimate of drug-likeness (QED) is 0.801. The molecule has 0 saturated heterocycles. The van der Waals surface area contributed by atoms with Gasteiger partial charge in [-0.05, 0) is 53.4 Å². The molecule has 1 fully saturated rings. The Hall–Kier alpha value is 0.140. The van der Waals surface area contributed by atoms with E-state index in [0.29, 0.717) is 6.04 Å². The average molecular weight is 316 g/mol. The van der Waals surface area contributed by atoms with E-state index in [0.717, 1.165) is 12.5 Å². The number of thiophene rings is 1. The summed E-state index contributed by atoms with van der Waals surface area (Å²) in [4.78, 5) is 1.50. The van der Waals surface area contributed by atoms with Crippen molar-refractivity contribution < 1.29 is 0 Å². The van der Waals surface area contributed by atoms with E-state index in [1.807, 2.05) is 11.3 Å². The zero-order valence-electron chi connectivity index (χ0n) is 10.8. The van der Waals surface area contributed by atoms with Crippen LogP contribution < -0.4 is 5.32 Å². The third-order valence-corrected chi connectivity index (χ3v) is 5.96. The monoisotopic (exact) mass is 315 g/mol. The maximum atomic E-state index is 3.66. The number of nitrogens with one attached hydrogen (secondary N) is 1. The zero-order valence-corrected chi connectivity index (χ0v) is 13.2. The minimum atomic E-state index is 0.568. The van der Waals surface area contributed by atoms with Crippen molar-refractivity contribution in [3.8, 4) is 0 Å². The molecule has 0 radical (unpaired) electrons. The Morgan fingerprint density at radius 1 is 1.47 bits per heavy atom. The number of halogens is 1. The molecule has 1 N–H and O–H groups in total. The van der Waals surface area contributed by atoms with Crippen LogP contribution in [0, 0.1) is 12.8 Å². The summed E-state index contributed by atoms with van der Waals surface area (Å²) in [7, 11) is 0. The summed E-state index contributed by atoms with van der Waals surface area (Å²) in [6, 6.07) is 2.91. The van der Waals surface area contributed by atoms with Gasteiger partial charge in [-0.2, -0.15) is 0 Å². The van der Waals surface area contributed by atoms with Crippen molar-refractivity contribution in [2.24, 2.45) is 5.92 Å². The van der Waals surface area contributed by atoms with Gasteiger partial charge in [0, 0.05) is 10.9 Å². The predicted octanol–water partition coefficient (Wildman–Crippen LogP) is 5.05. The highest BCUT2D eigenvalue weighted by atomic mass is 79.9. The molecule has 1 aromatic rings. The lowest BCUT2D eigenvalue weighted by atomic mass is 9.97. The fourth-order valence-electron chi connectivity index (χ4n) is 2.78. The molecule has 1 atom stereocenters. The molecule has 1 nitrogen and oxygen atoms in total. The summed E-state index contributed by atoms with van der Waals surface area (Å²) in [5.41, 5.74) is 1.37. The van der Waals surface area contributed by atoms with Crippen molar-refractivity contribution in [1.82, 2.24) is 5.32 Å². The second kappa shape index (κ2) is 6.35. The van der Waals surface area contributed by atoms with Gasteiger partial charge in [-0.1, -0.05) is 32.6 Å². The highest BCUT2D eigenvalue weighted by Gasteiger charge is 2.22. The van der Waals surface area contributed by atoms with E-state index in [1.165, 1.54) is 46.3 Å². The van der Waals surface area contributed by atoms with Crippen LogP contribution in [-0.4, -0.2) is 6.54 Å². The molecule has 0 amide bonds. The van der Waals surface area contributed by atoms with Gasteiger partial charge in [0.15, 0.2) is 0 Å². The molecule has 0 spiro atoms. The van der Waals surface area contributed by atoms with Gasteiger partial charge in [0.25, 0.3) is 0 Å². The van der Waals surface area contributed by atoms with Crippen molar-refractivity contribution in [2.45, 2.75) is 52.0 Å². The van der Waals surface area contributed by atoms with E-state index >= 15 is 0 Å². The summed E-state index contributed by atoms with van der Waals surface area (Å²) in [6.07, 6.45) is 7.08. The molecule has 1 aliphatic rings. The predicted molar refractivity (Wildman–Crippen MR) is 79.7 cm³/mol. The Balaban J connectivity index is 2.04. The minimum Gasteiger partial charge on any atom is -0.310 e. The summed E-state index contributed by atoms with van der Waals surface area (Å²) >= 11 is 5.54. The molecule has 0 bridgehead atoms. The van der Waals surface area contributed by atoms with E-state index in [2.05, 4.69) is 41.2 Å². The molecule has 1 aliphatic carbocycles. The Morgan fingerprint density at radius 3 is 2.71 bits per heavy atom. The highest BCUT2D eigenvalue weighted by Crippen LogP contribution is 2.37. The Bertz CT molecular complexity index is 336. The van der Waals surface area contributed by atoms with Crippen LogP contribution in [-0.2, 0) is 0 Å². The smallest absolute Gasteiger partial charge is 0.0731 e. The van der Waals surface area contributed by atoms with Crippen LogP contribution in [0.3, 0.4) is 0 Å². The van der Waals surface area contributed by atoms with Crippen molar-refractivity contribution in [2.75, 3.05) is 6.54 Å². The molecule has 17 heavy (non-hydrogen) atoms. The number of hydrogen-bond acceptors (Lipinski definition) is 2. The maximum absolute atomic E-state index is 3.66. The molecule has 0 aliphatic heterocycles. The largest absolute Gasteiger partial charge is 0.310 e. The van der Waals surface area contributed by atoms with E-state index in [4.69, 9.17) is 0 Å². The fourth-order valence-corrected chi connectivity index (χ4v) is 4.44. The lowest BCUT2D eigenvalue weighted by Crippen LogP contribution is -2.22. The number of rotatable bonds is 5. The van der Waals surface area contributed by atoms with Crippen molar-refractivity contribution in [3.63, 3.8) is 0 Å². The molecule has 1 unspecified atom stereocenters. The Labute approximate surface area is 117 Å². The standard InChI is InChI=1S/C14H22BrNS/c1-3-16-12(9-11-6-4-5-7-11)13-8-10(2)14(15)17-13/h8,11-12,16H,3-7,9H2,1-2H3. The molecule has 0 aromatic carbocycles. The van der Waals surface area contributed by atoms with Crippen molar-refractivity contribution in [3.05, 3.63) is 20.3 Å². The first-order valence-corrected chi connectivity index (χ1v) is 8.31. The third kappa shape index (κ3) is 3.55. The number of hydrogen-bond donors (Lipinski definition) is 1. The summed E-state index contributed by atoms with van der Waals surface area (Å²) in [5.74, 6) is 0.945. The van der Waals surface area contributed by atoms with Gasteiger partial charge in [0.1, 0.15) is 0 Å². The van der Waals surface area contributed by atoms with E-state index in [-0.39, 0.29) is 0 Å². The zero-order chi connectivity index (χ0) is 12.3. The molecular formula is C14H22BrNS. The van der Waals surface area contributed by atoms with Gasteiger partial charge in [0.2, 0.25) is 0 Å². The molecule has 1 saturated carbocycles. The van der Waals surface area contributed by atoms with Crippen LogP contribution in [0.4, 0.5) is 0 Å². The topological polar surface area (TPSA) is 12.0 Å². The van der Waals surface area contributed by atoms with Gasteiger partial charge < -0.3 is 5.32 Å². The summed E-state index contributed by atoms with van der Waals surface area (Å²) < 4.78 is 1.29. The molecular weight excluding hydrogens is 294 g/mol. The van der Waals surface area contributed by atoms with Crippen LogP contribution in [0.5, 0.6) is 0 Å². The fraction of sp³-hybridized carbons (Fsp3) is 0.714.